The normalized spacial score (nSPS) is 34.3. The first kappa shape index (κ1) is 12.9. The highest BCUT2D eigenvalue weighted by Crippen LogP contribution is 2.29. The van der Waals surface area contributed by atoms with E-state index in [1.807, 2.05) is 0 Å². The maximum atomic E-state index is 6.36. The van der Waals surface area contributed by atoms with Crippen LogP contribution in [0.25, 0.3) is 0 Å². The Kier molecular flexibility index (Phi) is 5.64. The number of rotatable bonds is 2. The van der Waals surface area contributed by atoms with Crippen molar-refractivity contribution in [3.8, 4) is 0 Å². The second-order valence-corrected chi connectivity index (χ2v) is 6.62. The van der Waals surface area contributed by atoms with Gasteiger partial charge in [-0.3, -0.25) is 0 Å². The standard InChI is InChI=1S/C14H25BrO/c15-13-10-6-3-7-11-14(13)16-12-8-4-1-2-5-9-12/h12-14H,1-11H2. The van der Waals surface area contributed by atoms with Gasteiger partial charge in [0, 0.05) is 4.83 Å². The summed E-state index contributed by atoms with van der Waals surface area (Å²) in [5.74, 6) is 0. The fourth-order valence-electron chi connectivity index (χ4n) is 3.01. The smallest absolute Gasteiger partial charge is 0.0703 e. The summed E-state index contributed by atoms with van der Waals surface area (Å²) in [6.45, 7) is 0. The van der Waals surface area contributed by atoms with Crippen LogP contribution in [0, 0.1) is 0 Å². The van der Waals surface area contributed by atoms with Crippen LogP contribution in [0.3, 0.4) is 0 Å². The molecule has 2 aliphatic rings. The molecule has 2 fully saturated rings. The maximum absolute atomic E-state index is 6.36. The molecule has 0 aromatic heterocycles. The second kappa shape index (κ2) is 7.00. The van der Waals surface area contributed by atoms with Gasteiger partial charge in [-0.1, -0.05) is 60.9 Å². The number of ether oxygens (including phenoxy) is 1. The minimum Gasteiger partial charge on any atom is -0.374 e. The molecule has 16 heavy (non-hydrogen) atoms. The molecule has 2 saturated carbocycles. The van der Waals surface area contributed by atoms with Crippen molar-refractivity contribution >= 4 is 15.9 Å². The first-order chi connectivity index (χ1) is 7.86. The van der Waals surface area contributed by atoms with Crippen molar-refractivity contribution in [3.63, 3.8) is 0 Å². The van der Waals surface area contributed by atoms with Gasteiger partial charge >= 0.3 is 0 Å². The molecule has 2 aliphatic carbocycles. The van der Waals surface area contributed by atoms with Crippen LogP contribution < -0.4 is 0 Å². The molecule has 0 amide bonds. The van der Waals surface area contributed by atoms with Crippen LogP contribution in [0.5, 0.6) is 0 Å². The van der Waals surface area contributed by atoms with Crippen molar-refractivity contribution in [1.29, 1.82) is 0 Å². The summed E-state index contributed by atoms with van der Waals surface area (Å²) >= 11 is 3.83. The van der Waals surface area contributed by atoms with Crippen LogP contribution in [0.1, 0.15) is 70.6 Å². The topological polar surface area (TPSA) is 9.23 Å². The quantitative estimate of drug-likeness (QED) is 0.523. The molecule has 0 N–H and O–H groups in total. The average molecular weight is 289 g/mol. The lowest BCUT2D eigenvalue weighted by Crippen LogP contribution is -2.28. The van der Waals surface area contributed by atoms with E-state index >= 15 is 0 Å². The number of hydrogen-bond acceptors (Lipinski definition) is 1. The van der Waals surface area contributed by atoms with E-state index in [9.17, 15) is 0 Å². The molecular weight excluding hydrogens is 264 g/mol. The Morgan fingerprint density at radius 2 is 1.25 bits per heavy atom. The summed E-state index contributed by atoms with van der Waals surface area (Å²) in [4.78, 5) is 0.609. The lowest BCUT2D eigenvalue weighted by atomic mass is 10.1. The molecule has 0 saturated heterocycles. The average Bonchev–Trinajstić information content (AvgIpc) is 2.64. The van der Waals surface area contributed by atoms with Crippen LogP contribution in [-0.4, -0.2) is 17.0 Å². The summed E-state index contributed by atoms with van der Waals surface area (Å²) in [7, 11) is 0. The second-order valence-electron chi connectivity index (χ2n) is 5.44. The van der Waals surface area contributed by atoms with E-state index in [0.29, 0.717) is 17.0 Å². The van der Waals surface area contributed by atoms with Crippen molar-refractivity contribution in [2.45, 2.75) is 87.7 Å². The van der Waals surface area contributed by atoms with Crippen LogP contribution in [-0.2, 0) is 4.74 Å². The Hall–Kier alpha value is 0.440. The number of hydrogen-bond donors (Lipinski definition) is 0. The number of halogens is 1. The van der Waals surface area contributed by atoms with Gasteiger partial charge in [-0.2, -0.15) is 0 Å². The Bertz CT molecular complexity index is 187. The Morgan fingerprint density at radius 1 is 0.688 bits per heavy atom. The molecular formula is C14H25BrO. The zero-order valence-corrected chi connectivity index (χ0v) is 11.9. The van der Waals surface area contributed by atoms with Crippen molar-refractivity contribution in [1.82, 2.24) is 0 Å². The number of alkyl halides is 1. The molecule has 2 rings (SSSR count). The third-order valence-electron chi connectivity index (χ3n) is 4.04. The van der Waals surface area contributed by atoms with Crippen LogP contribution >= 0.6 is 15.9 Å². The molecule has 2 unspecified atom stereocenters. The van der Waals surface area contributed by atoms with Crippen molar-refractivity contribution in [2.75, 3.05) is 0 Å². The predicted octanol–water partition coefficient (Wildman–Crippen LogP) is 4.82. The lowest BCUT2D eigenvalue weighted by Gasteiger charge is -2.26. The van der Waals surface area contributed by atoms with Gasteiger partial charge in [0.15, 0.2) is 0 Å². The van der Waals surface area contributed by atoms with Gasteiger partial charge in [-0.05, 0) is 25.7 Å². The molecule has 2 atom stereocenters. The van der Waals surface area contributed by atoms with Gasteiger partial charge in [-0.15, -0.1) is 0 Å². The van der Waals surface area contributed by atoms with Crippen LogP contribution in [0.4, 0.5) is 0 Å². The summed E-state index contributed by atoms with van der Waals surface area (Å²) in [5.41, 5.74) is 0. The van der Waals surface area contributed by atoms with Crippen molar-refractivity contribution < 1.29 is 4.74 Å². The van der Waals surface area contributed by atoms with E-state index in [2.05, 4.69) is 15.9 Å². The van der Waals surface area contributed by atoms with Gasteiger partial charge in [0.1, 0.15) is 0 Å². The monoisotopic (exact) mass is 288 g/mol. The molecule has 2 heteroatoms. The van der Waals surface area contributed by atoms with Crippen LogP contribution in [0.2, 0.25) is 0 Å². The van der Waals surface area contributed by atoms with Gasteiger partial charge in [-0.25, -0.2) is 0 Å². The zero-order chi connectivity index (χ0) is 11.2. The van der Waals surface area contributed by atoms with Gasteiger partial charge < -0.3 is 4.74 Å². The molecule has 0 aromatic carbocycles. The van der Waals surface area contributed by atoms with E-state index in [1.54, 1.807) is 0 Å². The minimum absolute atomic E-state index is 0.491. The fraction of sp³-hybridized carbons (Fsp3) is 1.00. The first-order valence-corrected chi connectivity index (χ1v) is 8.07. The first-order valence-electron chi connectivity index (χ1n) is 7.16. The minimum atomic E-state index is 0.491. The highest BCUT2D eigenvalue weighted by Gasteiger charge is 2.25. The molecule has 0 aliphatic heterocycles. The van der Waals surface area contributed by atoms with Crippen molar-refractivity contribution in [2.24, 2.45) is 0 Å². The van der Waals surface area contributed by atoms with E-state index < -0.39 is 0 Å². The highest BCUT2D eigenvalue weighted by molar-refractivity contribution is 9.09. The Labute approximate surface area is 108 Å². The van der Waals surface area contributed by atoms with E-state index in [0.717, 1.165) is 0 Å². The molecule has 0 bridgehead atoms. The fourth-order valence-corrected chi connectivity index (χ4v) is 3.72. The summed E-state index contributed by atoms with van der Waals surface area (Å²) < 4.78 is 6.36. The summed E-state index contributed by atoms with van der Waals surface area (Å²) in [6.07, 6.45) is 16.0. The lowest BCUT2D eigenvalue weighted by molar-refractivity contribution is -0.0219. The third kappa shape index (κ3) is 4.03. The molecule has 1 nitrogen and oxygen atoms in total. The maximum Gasteiger partial charge on any atom is 0.0703 e. The third-order valence-corrected chi connectivity index (χ3v) is 5.09. The SMILES string of the molecule is BrC1CCCCCC1OC1CCCCCC1. The highest BCUT2D eigenvalue weighted by atomic mass is 79.9. The predicted molar refractivity (Wildman–Crippen MR) is 72.2 cm³/mol. The summed E-state index contributed by atoms with van der Waals surface area (Å²) in [5, 5.41) is 0. The Balaban J connectivity index is 1.81. The summed E-state index contributed by atoms with van der Waals surface area (Å²) in [6, 6.07) is 0. The van der Waals surface area contributed by atoms with Crippen LogP contribution in [0.15, 0.2) is 0 Å². The molecule has 0 spiro atoms. The van der Waals surface area contributed by atoms with E-state index in [1.165, 1.54) is 70.6 Å². The Morgan fingerprint density at radius 3 is 2.00 bits per heavy atom. The largest absolute Gasteiger partial charge is 0.374 e. The van der Waals surface area contributed by atoms with E-state index in [-0.39, 0.29) is 0 Å². The van der Waals surface area contributed by atoms with Gasteiger partial charge in [0.05, 0.1) is 12.2 Å². The molecule has 0 radical (unpaired) electrons. The zero-order valence-electron chi connectivity index (χ0n) is 10.3. The molecule has 94 valence electrons. The van der Waals surface area contributed by atoms with Gasteiger partial charge in [0.2, 0.25) is 0 Å². The molecule has 0 heterocycles. The van der Waals surface area contributed by atoms with Gasteiger partial charge in [0.25, 0.3) is 0 Å². The van der Waals surface area contributed by atoms with Crippen molar-refractivity contribution in [3.05, 3.63) is 0 Å². The molecule has 0 aromatic rings. The van der Waals surface area contributed by atoms with E-state index in [4.69, 9.17) is 4.74 Å².